The molecule has 1 saturated carbocycles. The standard InChI is InChI=1S/C13H12BrN3S/c14-9-3-1-2-4-10(9)18-12-7-11(15)16-13(17-12)8-5-6-8/h1-4,7-8H,5-6H2,(H2,15,16,17). The summed E-state index contributed by atoms with van der Waals surface area (Å²) in [7, 11) is 0. The summed E-state index contributed by atoms with van der Waals surface area (Å²) in [4.78, 5) is 10.0. The number of nitrogen functional groups attached to an aromatic ring is 1. The van der Waals surface area contributed by atoms with E-state index in [9.17, 15) is 0 Å². The molecule has 0 radical (unpaired) electrons. The van der Waals surface area contributed by atoms with Crippen molar-refractivity contribution in [3.63, 3.8) is 0 Å². The summed E-state index contributed by atoms with van der Waals surface area (Å²) in [6.07, 6.45) is 2.37. The molecule has 1 heterocycles. The van der Waals surface area contributed by atoms with Crippen molar-refractivity contribution < 1.29 is 0 Å². The minimum atomic E-state index is 0.520. The number of aromatic nitrogens is 2. The molecule has 2 aromatic rings. The maximum Gasteiger partial charge on any atom is 0.135 e. The largest absolute Gasteiger partial charge is 0.384 e. The number of hydrogen-bond acceptors (Lipinski definition) is 4. The fourth-order valence-corrected chi connectivity index (χ4v) is 3.06. The monoisotopic (exact) mass is 321 g/mol. The van der Waals surface area contributed by atoms with Gasteiger partial charge < -0.3 is 5.73 Å². The lowest BCUT2D eigenvalue weighted by atomic mass is 10.4. The fourth-order valence-electron chi connectivity index (χ4n) is 1.68. The van der Waals surface area contributed by atoms with Gasteiger partial charge in [0.05, 0.1) is 0 Å². The maximum atomic E-state index is 5.84. The van der Waals surface area contributed by atoms with Gasteiger partial charge >= 0.3 is 0 Å². The summed E-state index contributed by atoms with van der Waals surface area (Å²) in [5, 5.41) is 0.913. The SMILES string of the molecule is Nc1cc(Sc2ccccc2Br)nc(C2CC2)n1. The van der Waals surface area contributed by atoms with Gasteiger partial charge in [0.15, 0.2) is 0 Å². The van der Waals surface area contributed by atoms with Crippen LogP contribution in [0.2, 0.25) is 0 Å². The van der Waals surface area contributed by atoms with E-state index in [-0.39, 0.29) is 0 Å². The average molecular weight is 322 g/mol. The Hall–Kier alpha value is -1.07. The van der Waals surface area contributed by atoms with Crippen LogP contribution in [0.15, 0.2) is 44.7 Å². The molecule has 5 heteroatoms. The third-order valence-corrected chi connectivity index (χ3v) is 4.68. The molecule has 3 nitrogen and oxygen atoms in total. The summed E-state index contributed by atoms with van der Waals surface area (Å²) < 4.78 is 1.07. The number of benzene rings is 1. The Morgan fingerprint density at radius 2 is 2.00 bits per heavy atom. The lowest BCUT2D eigenvalue weighted by molar-refractivity contribution is 0.883. The number of halogens is 1. The van der Waals surface area contributed by atoms with E-state index in [2.05, 4.69) is 32.0 Å². The zero-order chi connectivity index (χ0) is 12.5. The Morgan fingerprint density at radius 1 is 1.22 bits per heavy atom. The first-order valence-electron chi connectivity index (χ1n) is 5.79. The Morgan fingerprint density at radius 3 is 2.72 bits per heavy atom. The van der Waals surface area contributed by atoms with Crippen molar-refractivity contribution in [2.24, 2.45) is 0 Å². The Bertz CT molecular complexity index is 584. The topological polar surface area (TPSA) is 51.8 Å². The highest BCUT2D eigenvalue weighted by molar-refractivity contribution is 9.10. The van der Waals surface area contributed by atoms with Crippen LogP contribution in [-0.4, -0.2) is 9.97 Å². The molecular weight excluding hydrogens is 310 g/mol. The van der Waals surface area contributed by atoms with Crippen molar-refractivity contribution in [2.75, 3.05) is 5.73 Å². The zero-order valence-electron chi connectivity index (χ0n) is 9.64. The lowest BCUT2D eigenvalue weighted by Crippen LogP contribution is -1.99. The van der Waals surface area contributed by atoms with Gasteiger partial charge in [0, 0.05) is 21.4 Å². The zero-order valence-corrected chi connectivity index (χ0v) is 12.0. The van der Waals surface area contributed by atoms with Gasteiger partial charge in [-0.05, 0) is 40.9 Å². The van der Waals surface area contributed by atoms with Crippen molar-refractivity contribution in [1.29, 1.82) is 0 Å². The molecule has 1 aliphatic rings. The van der Waals surface area contributed by atoms with E-state index < -0.39 is 0 Å². The van der Waals surface area contributed by atoms with Crippen LogP contribution in [0.25, 0.3) is 0 Å². The van der Waals surface area contributed by atoms with E-state index in [1.54, 1.807) is 11.8 Å². The molecule has 0 saturated heterocycles. The van der Waals surface area contributed by atoms with Crippen LogP contribution < -0.4 is 5.73 Å². The molecule has 0 spiro atoms. The Balaban J connectivity index is 1.90. The third kappa shape index (κ3) is 2.67. The predicted octanol–water partition coefficient (Wildman–Crippen LogP) is 3.85. The van der Waals surface area contributed by atoms with Crippen LogP contribution in [0.3, 0.4) is 0 Å². The van der Waals surface area contributed by atoms with Crippen molar-refractivity contribution in [2.45, 2.75) is 28.7 Å². The highest BCUT2D eigenvalue weighted by Gasteiger charge is 2.27. The molecule has 1 aromatic carbocycles. The molecular formula is C13H12BrN3S. The third-order valence-electron chi connectivity index (χ3n) is 2.73. The molecule has 2 N–H and O–H groups in total. The Labute approximate surface area is 118 Å². The van der Waals surface area contributed by atoms with Gasteiger partial charge in [0.25, 0.3) is 0 Å². The van der Waals surface area contributed by atoms with Gasteiger partial charge in [-0.3, -0.25) is 0 Å². The summed E-state index contributed by atoms with van der Waals surface area (Å²) in [6, 6.07) is 9.92. The molecule has 0 bridgehead atoms. The number of rotatable bonds is 3. The normalized spacial score (nSPS) is 14.7. The number of anilines is 1. The quantitative estimate of drug-likeness (QED) is 0.872. The fraction of sp³-hybridized carbons (Fsp3) is 0.231. The first-order chi connectivity index (χ1) is 8.72. The van der Waals surface area contributed by atoms with E-state index in [1.165, 1.54) is 12.8 Å². The number of hydrogen-bond donors (Lipinski definition) is 1. The number of nitrogens with zero attached hydrogens (tertiary/aromatic N) is 2. The molecule has 0 amide bonds. The van der Waals surface area contributed by atoms with Crippen LogP contribution in [0.5, 0.6) is 0 Å². The average Bonchev–Trinajstić information content (AvgIpc) is 3.15. The van der Waals surface area contributed by atoms with Crippen molar-refractivity contribution in [3.8, 4) is 0 Å². The predicted molar refractivity (Wildman–Crippen MR) is 76.7 cm³/mol. The first kappa shape index (κ1) is 12.0. The van der Waals surface area contributed by atoms with Crippen molar-refractivity contribution >= 4 is 33.5 Å². The summed E-state index contributed by atoms with van der Waals surface area (Å²) in [5.74, 6) is 1.97. The summed E-state index contributed by atoms with van der Waals surface area (Å²) in [5.41, 5.74) is 5.84. The highest BCUT2D eigenvalue weighted by Crippen LogP contribution is 2.40. The lowest BCUT2D eigenvalue weighted by Gasteiger charge is -2.06. The minimum Gasteiger partial charge on any atom is -0.384 e. The number of nitrogens with two attached hydrogens (primary N) is 1. The Kier molecular flexibility index (Phi) is 3.26. The van der Waals surface area contributed by atoms with Gasteiger partial charge in [-0.25, -0.2) is 9.97 Å². The molecule has 1 aliphatic carbocycles. The molecule has 1 aromatic heterocycles. The van der Waals surface area contributed by atoms with Crippen LogP contribution in [0.1, 0.15) is 24.6 Å². The molecule has 92 valence electrons. The second kappa shape index (κ2) is 4.90. The van der Waals surface area contributed by atoms with E-state index in [4.69, 9.17) is 5.73 Å². The van der Waals surface area contributed by atoms with Gasteiger partial charge in [-0.1, -0.05) is 23.9 Å². The molecule has 3 rings (SSSR count). The second-order valence-electron chi connectivity index (χ2n) is 4.30. The molecule has 1 fully saturated rings. The van der Waals surface area contributed by atoms with E-state index in [0.717, 1.165) is 20.2 Å². The molecule has 0 atom stereocenters. The first-order valence-corrected chi connectivity index (χ1v) is 7.40. The minimum absolute atomic E-state index is 0.520. The van der Waals surface area contributed by atoms with Gasteiger partial charge in [-0.15, -0.1) is 0 Å². The van der Waals surface area contributed by atoms with E-state index in [1.807, 2.05) is 24.3 Å². The molecule has 0 aliphatic heterocycles. The van der Waals surface area contributed by atoms with Gasteiger partial charge in [0.2, 0.25) is 0 Å². The van der Waals surface area contributed by atoms with E-state index >= 15 is 0 Å². The summed E-state index contributed by atoms with van der Waals surface area (Å²) in [6.45, 7) is 0. The highest BCUT2D eigenvalue weighted by atomic mass is 79.9. The van der Waals surface area contributed by atoms with Crippen LogP contribution >= 0.6 is 27.7 Å². The van der Waals surface area contributed by atoms with Crippen LogP contribution in [0, 0.1) is 0 Å². The van der Waals surface area contributed by atoms with Gasteiger partial charge in [0.1, 0.15) is 16.7 Å². The van der Waals surface area contributed by atoms with Crippen LogP contribution in [-0.2, 0) is 0 Å². The maximum absolute atomic E-state index is 5.84. The van der Waals surface area contributed by atoms with Crippen molar-refractivity contribution in [3.05, 3.63) is 40.6 Å². The smallest absolute Gasteiger partial charge is 0.135 e. The summed E-state index contributed by atoms with van der Waals surface area (Å²) >= 11 is 5.15. The molecule has 18 heavy (non-hydrogen) atoms. The van der Waals surface area contributed by atoms with Crippen molar-refractivity contribution in [1.82, 2.24) is 9.97 Å². The van der Waals surface area contributed by atoms with Crippen LogP contribution in [0.4, 0.5) is 5.82 Å². The van der Waals surface area contributed by atoms with Gasteiger partial charge in [-0.2, -0.15) is 0 Å². The second-order valence-corrected chi connectivity index (χ2v) is 6.21. The molecule has 0 unspecified atom stereocenters. The van der Waals surface area contributed by atoms with E-state index in [0.29, 0.717) is 11.7 Å².